The van der Waals surface area contributed by atoms with Crippen molar-refractivity contribution in [3.05, 3.63) is 70.1 Å². The quantitative estimate of drug-likeness (QED) is 0.507. The number of thioether (sulfide) groups is 2. The number of hydrogen-bond acceptors (Lipinski definition) is 6. The van der Waals surface area contributed by atoms with Crippen molar-refractivity contribution in [1.82, 2.24) is 19.8 Å². The molecule has 0 atom stereocenters. The molecule has 1 heterocycles. The van der Waals surface area contributed by atoms with Gasteiger partial charge in [0.25, 0.3) is 0 Å². The van der Waals surface area contributed by atoms with Gasteiger partial charge in [0.2, 0.25) is 0 Å². The summed E-state index contributed by atoms with van der Waals surface area (Å²) in [6.45, 7) is 2.04. The zero-order chi connectivity index (χ0) is 18.5. The van der Waals surface area contributed by atoms with E-state index in [9.17, 15) is 4.79 Å². The summed E-state index contributed by atoms with van der Waals surface area (Å²) in [7, 11) is 1.59. The smallest absolute Gasteiger partial charge is 0.244 e. The molecule has 1 aromatic heterocycles. The van der Waals surface area contributed by atoms with Gasteiger partial charge >= 0.3 is 5.69 Å². The molecule has 0 N–H and O–H groups in total. The largest absolute Gasteiger partial charge is 0.368 e. The predicted octanol–water partition coefficient (Wildman–Crippen LogP) is 3.56. The van der Waals surface area contributed by atoms with Crippen molar-refractivity contribution < 1.29 is 0 Å². The number of aromatic nitrogens is 4. The Hall–Kier alpha value is -2.32. The van der Waals surface area contributed by atoms with Crippen LogP contribution in [0.1, 0.15) is 11.1 Å². The van der Waals surface area contributed by atoms with Gasteiger partial charge in [-0.1, -0.05) is 42.1 Å². The van der Waals surface area contributed by atoms with Gasteiger partial charge in [-0.25, -0.2) is 9.79 Å². The number of aryl methyl sites for hydroxylation is 2. The number of nitrogens with zero attached hydrogens (tertiary/aromatic N) is 5. The molecule has 0 spiro atoms. The average Bonchev–Trinajstić information content (AvgIpc) is 2.99. The molecule has 0 fully saturated rings. The maximum absolute atomic E-state index is 12.2. The molecule has 0 bridgehead atoms. The Balaban J connectivity index is 1.89. The number of aliphatic imine (C=N–C) groups is 1. The van der Waals surface area contributed by atoms with Crippen LogP contribution in [0.4, 0.5) is 5.69 Å². The Bertz CT molecular complexity index is 979. The molecule has 0 unspecified atom stereocenters. The second-order valence-electron chi connectivity index (χ2n) is 5.58. The van der Waals surface area contributed by atoms with Crippen LogP contribution < -0.4 is 5.69 Å². The molecule has 0 radical (unpaired) electrons. The summed E-state index contributed by atoms with van der Waals surface area (Å²) in [6.07, 6.45) is 2.01. The summed E-state index contributed by atoms with van der Waals surface area (Å²) in [5.41, 5.74) is 3.59. The first kappa shape index (κ1) is 18.5. The molecule has 0 aliphatic rings. The van der Waals surface area contributed by atoms with Gasteiger partial charge in [0.05, 0.1) is 11.4 Å². The molecule has 0 aliphatic carbocycles. The van der Waals surface area contributed by atoms with Crippen molar-refractivity contribution >= 4 is 33.6 Å². The molecule has 0 aliphatic heterocycles. The van der Waals surface area contributed by atoms with E-state index in [0.29, 0.717) is 5.75 Å². The van der Waals surface area contributed by atoms with Gasteiger partial charge < -0.3 is 0 Å². The van der Waals surface area contributed by atoms with Gasteiger partial charge in [0, 0.05) is 12.8 Å². The van der Waals surface area contributed by atoms with Gasteiger partial charge in [0.1, 0.15) is 4.38 Å². The van der Waals surface area contributed by atoms with Crippen LogP contribution in [0, 0.1) is 6.92 Å². The Morgan fingerprint density at radius 1 is 1.12 bits per heavy atom. The van der Waals surface area contributed by atoms with Crippen molar-refractivity contribution in [2.24, 2.45) is 12.0 Å². The van der Waals surface area contributed by atoms with E-state index >= 15 is 0 Å². The summed E-state index contributed by atoms with van der Waals surface area (Å²) in [5.74, 6) is 0.692. The molecule has 26 heavy (non-hydrogen) atoms. The van der Waals surface area contributed by atoms with Crippen molar-refractivity contribution in [2.45, 2.75) is 12.7 Å². The maximum atomic E-state index is 12.2. The lowest BCUT2D eigenvalue weighted by atomic mass is 10.1. The monoisotopic (exact) mass is 385 g/mol. The molecule has 0 saturated heterocycles. The van der Waals surface area contributed by atoms with Crippen LogP contribution in [0.3, 0.4) is 0 Å². The Labute approximate surface area is 160 Å². The Morgan fingerprint density at radius 3 is 2.54 bits per heavy atom. The van der Waals surface area contributed by atoms with Crippen molar-refractivity contribution in [2.75, 3.05) is 6.26 Å². The summed E-state index contributed by atoms with van der Waals surface area (Å²) >= 11 is 3.26. The van der Waals surface area contributed by atoms with Crippen LogP contribution in [0.15, 0.2) is 58.3 Å². The highest BCUT2D eigenvalue weighted by Gasteiger charge is 2.14. The van der Waals surface area contributed by atoms with Crippen LogP contribution >= 0.6 is 23.5 Å². The van der Waals surface area contributed by atoms with Gasteiger partial charge in [-0.05, 0) is 52.9 Å². The lowest BCUT2D eigenvalue weighted by Crippen LogP contribution is -2.23. The average molecular weight is 386 g/mol. The van der Waals surface area contributed by atoms with Gasteiger partial charge in [-0.15, -0.1) is 11.8 Å². The summed E-state index contributed by atoms with van der Waals surface area (Å²) in [6, 6.07) is 15.7. The van der Waals surface area contributed by atoms with E-state index in [-0.39, 0.29) is 5.69 Å². The van der Waals surface area contributed by atoms with Crippen LogP contribution in [0.5, 0.6) is 0 Å². The summed E-state index contributed by atoms with van der Waals surface area (Å²) in [4.78, 5) is 16.9. The molecular weight excluding hydrogens is 366 g/mol. The van der Waals surface area contributed by atoms with Crippen LogP contribution in [0.25, 0.3) is 5.69 Å². The highest BCUT2D eigenvalue weighted by Crippen LogP contribution is 2.27. The molecular formula is C18H19N5OS2. The van der Waals surface area contributed by atoms with E-state index in [0.717, 1.165) is 26.9 Å². The number of hydrogen-bond donors (Lipinski definition) is 0. The zero-order valence-corrected chi connectivity index (χ0v) is 16.4. The van der Waals surface area contributed by atoms with Gasteiger partial charge in [-0.2, -0.15) is 9.36 Å². The maximum Gasteiger partial charge on any atom is 0.368 e. The number of para-hydroxylation sites is 1. The highest BCUT2D eigenvalue weighted by molar-refractivity contribution is 8.38. The van der Waals surface area contributed by atoms with E-state index < -0.39 is 0 Å². The molecule has 0 saturated carbocycles. The minimum absolute atomic E-state index is 0.259. The van der Waals surface area contributed by atoms with Crippen LogP contribution in [0.2, 0.25) is 0 Å². The minimum atomic E-state index is -0.259. The summed E-state index contributed by atoms with van der Waals surface area (Å²) in [5, 5.41) is 7.79. The Kier molecular flexibility index (Phi) is 5.95. The van der Waals surface area contributed by atoms with E-state index in [1.165, 1.54) is 9.36 Å². The summed E-state index contributed by atoms with van der Waals surface area (Å²) < 4.78 is 3.54. The fraction of sp³-hybridized carbons (Fsp3) is 0.222. The Morgan fingerprint density at radius 2 is 1.88 bits per heavy atom. The molecule has 3 rings (SSSR count). The van der Waals surface area contributed by atoms with Crippen molar-refractivity contribution in [3.8, 4) is 5.69 Å². The van der Waals surface area contributed by atoms with E-state index in [1.54, 1.807) is 30.6 Å². The number of rotatable bonds is 4. The van der Waals surface area contributed by atoms with Crippen molar-refractivity contribution in [3.63, 3.8) is 0 Å². The highest BCUT2D eigenvalue weighted by atomic mass is 32.2. The molecule has 8 heteroatoms. The molecule has 6 nitrogen and oxygen atoms in total. The predicted molar refractivity (Wildman–Crippen MR) is 110 cm³/mol. The molecule has 134 valence electrons. The fourth-order valence-electron chi connectivity index (χ4n) is 2.42. The lowest BCUT2D eigenvalue weighted by Gasteiger charge is -2.11. The lowest BCUT2D eigenvalue weighted by molar-refractivity contribution is 0.692. The molecule has 3 aromatic rings. The standard InChI is InChI=1S/C18H19N5OS2/c1-13-8-7-11-16(23-18(24)22(2)20-21-23)15(13)12-26-17(25-3)19-14-9-5-4-6-10-14/h4-11H,12H2,1-3H3. The van der Waals surface area contributed by atoms with Crippen LogP contribution in [-0.4, -0.2) is 30.4 Å². The number of benzene rings is 2. The fourth-order valence-corrected chi connectivity index (χ4v) is 4.07. The first-order valence-electron chi connectivity index (χ1n) is 7.98. The van der Waals surface area contributed by atoms with Gasteiger partial charge in [-0.3, -0.25) is 0 Å². The van der Waals surface area contributed by atoms with E-state index in [1.807, 2.05) is 61.7 Å². The van der Waals surface area contributed by atoms with Crippen molar-refractivity contribution in [1.29, 1.82) is 0 Å². The second-order valence-corrected chi connectivity index (χ2v) is 7.59. The first-order valence-corrected chi connectivity index (χ1v) is 10.2. The third-order valence-corrected chi connectivity index (χ3v) is 5.89. The topological polar surface area (TPSA) is 65.1 Å². The van der Waals surface area contributed by atoms with E-state index in [2.05, 4.69) is 15.4 Å². The third kappa shape index (κ3) is 4.08. The SMILES string of the molecule is CSC(=Nc1ccccc1)SCc1c(C)cccc1-n1nnn(C)c1=O. The van der Waals surface area contributed by atoms with Gasteiger partial charge in [0.15, 0.2) is 0 Å². The second kappa shape index (κ2) is 8.37. The minimum Gasteiger partial charge on any atom is -0.244 e. The van der Waals surface area contributed by atoms with Crippen LogP contribution in [-0.2, 0) is 12.8 Å². The molecule has 2 aromatic carbocycles. The number of tetrazole rings is 1. The first-order chi connectivity index (χ1) is 12.6. The molecule has 0 amide bonds. The normalized spacial score (nSPS) is 11.7. The van der Waals surface area contributed by atoms with E-state index in [4.69, 9.17) is 0 Å². The zero-order valence-electron chi connectivity index (χ0n) is 14.8. The third-order valence-electron chi connectivity index (χ3n) is 3.83.